The van der Waals surface area contributed by atoms with Crippen LogP contribution in [0, 0.1) is 0 Å². The number of hydrogen-bond acceptors (Lipinski definition) is 7. The van der Waals surface area contributed by atoms with Crippen molar-refractivity contribution in [2.45, 2.75) is 34.2 Å². The second-order valence-corrected chi connectivity index (χ2v) is 8.25. The van der Waals surface area contributed by atoms with E-state index < -0.39 is 0 Å². The summed E-state index contributed by atoms with van der Waals surface area (Å²) in [5.41, 5.74) is 0. The predicted octanol–water partition coefficient (Wildman–Crippen LogP) is 1.73. The maximum atomic E-state index is 11.8. The van der Waals surface area contributed by atoms with E-state index in [1.165, 1.54) is 34.9 Å². The topological polar surface area (TPSA) is 75.2 Å². The van der Waals surface area contributed by atoms with Crippen molar-refractivity contribution in [3.63, 3.8) is 0 Å². The Bertz CT molecular complexity index is 479. The van der Waals surface area contributed by atoms with Crippen LogP contribution in [0.1, 0.15) is 20.3 Å². The molecule has 0 aliphatic heterocycles. The highest BCUT2D eigenvalue weighted by Crippen LogP contribution is 2.31. The highest BCUT2D eigenvalue weighted by atomic mass is 32.2. The van der Waals surface area contributed by atoms with E-state index in [4.69, 9.17) is 0 Å². The van der Waals surface area contributed by atoms with Crippen molar-refractivity contribution in [1.29, 1.82) is 0 Å². The molecule has 0 saturated carbocycles. The van der Waals surface area contributed by atoms with E-state index in [1.807, 2.05) is 13.8 Å². The molecule has 0 aliphatic rings. The van der Waals surface area contributed by atoms with Crippen molar-refractivity contribution in [3.8, 4) is 0 Å². The largest absolute Gasteiger partial charge is 0.355 e. The number of amides is 2. The van der Waals surface area contributed by atoms with E-state index in [9.17, 15) is 9.59 Å². The summed E-state index contributed by atoms with van der Waals surface area (Å²) in [4.78, 5) is 24.8. The zero-order chi connectivity index (χ0) is 15.8. The van der Waals surface area contributed by atoms with Crippen molar-refractivity contribution >= 4 is 46.7 Å². The first-order chi connectivity index (χ1) is 9.93. The Morgan fingerprint density at radius 2 is 2.00 bits per heavy atom. The summed E-state index contributed by atoms with van der Waals surface area (Å²) in [7, 11) is 3.46. The number of rotatable bonds is 8. The number of carbonyl (C=O) groups excluding carboxylic acids is 2. The molecule has 1 rings (SSSR count). The van der Waals surface area contributed by atoms with Crippen LogP contribution < -0.4 is 5.32 Å². The van der Waals surface area contributed by atoms with Gasteiger partial charge in [0.1, 0.15) is 0 Å². The van der Waals surface area contributed by atoms with Crippen molar-refractivity contribution in [3.05, 3.63) is 0 Å². The lowest BCUT2D eigenvalue weighted by atomic mass is 10.4. The van der Waals surface area contributed by atoms with E-state index in [1.54, 1.807) is 19.0 Å². The molecule has 1 aromatic heterocycles. The predicted molar refractivity (Wildman–Crippen MR) is 87.9 cm³/mol. The van der Waals surface area contributed by atoms with Gasteiger partial charge in [0.25, 0.3) is 0 Å². The number of nitrogens with zero attached hydrogens (tertiary/aromatic N) is 3. The van der Waals surface area contributed by atoms with Gasteiger partial charge < -0.3 is 10.2 Å². The van der Waals surface area contributed by atoms with Gasteiger partial charge in [-0.2, -0.15) is 0 Å². The molecule has 9 heteroatoms. The number of nitrogens with one attached hydrogen (secondary N) is 1. The lowest BCUT2D eigenvalue weighted by molar-refractivity contribution is -0.127. The van der Waals surface area contributed by atoms with Crippen LogP contribution >= 0.6 is 34.9 Å². The molecule has 0 fully saturated rings. The van der Waals surface area contributed by atoms with Gasteiger partial charge in [-0.25, -0.2) is 0 Å². The molecule has 0 bridgehead atoms. The Hall–Kier alpha value is -0.800. The molecule has 0 spiro atoms. The molecule has 1 aromatic rings. The smallest absolute Gasteiger partial charge is 0.235 e. The highest BCUT2D eigenvalue weighted by molar-refractivity contribution is 8.04. The molecule has 0 saturated heterocycles. The molecule has 1 atom stereocenters. The number of aromatic nitrogens is 2. The summed E-state index contributed by atoms with van der Waals surface area (Å²) in [6.07, 6.45) is 0.924. The zero-order valence-corrected chi connectivity index (χ0v) is 15.0. The van der Waals surface area contributed by atoms with Crippen molar-refractivity contribution < 1.29 is 9.59 Å². The van der Waals surface area contributed by atoms with Gasteiger partial charge in [-0.3, -0.25) is 9.59 Å². The molecule has 0 aliphatic carbocycles. The first-order valence-corrected chi connectivity index (χ1v) is 9.23. The van der Waals surface area contributed by atoms with Gasteiger partial charge in [-0.05, 0) is 13.3 Å². The third kappa shape index (κ3) is 6.66. The maximum Gasteiger partial charge on any atom is 0.235 e. The zero-order valence-electron chi connectivity index (χ0n) is 12.6. The van der Waals surface area contributed by atoms with E-state index in [0.717, 1.165) is 15.1 Å². The van der Waals surface area contributed by atoms with Crippen LogP contribution in [0.15, 0.2) is 8.68 Å². The average Bonchev–Trinajstić information content (AvgIpc) is 2.89. The first-order valence-electron chi connectivity index (χ1n) is 6.54. The number of hydrogen-bond donors (Lipinski definition) is 1. The Balaban J connectivity index is 2.43. The fourth-order valence-electron chi connectivity index (χ4n) is 1.31. The fraction of sp³-hybridized carbons (Fsp3) is 0.667. The SMILES string of the molecule is CCCNC(=O)CSc1nnc(S[C@H](C)C(=O)N(C)C)s1. The molecule has 1 heterocycles. The summed E-state index contributed by atoms with van der Waals surface area (Å²) in [5.74, 6) is 0.386. The molecule has 118 valence electrons. The summed E-state index contributed by atoms with van der Waals surface area (Å²) in [5, 5.41) is 10.7. The summed E-state index contributed by atoms with van der Waals surface area (Å²) in [6.45, 7) is 4.55. The second-order valence-electron chi connectivity index (χ2n) is 4.47. The summed E-state index contributed by atoms with van der Waals surface area (Å²) >= 11 is 4.16. The molecular formula is C12H20N4O2S3. The third-order valence-corrected chi connectivity index (χ3v) is 5.58. The fourth-order valence-corrected chi connectivity index (χ4v) is 4.45. The van der Waals surface area contributed by atoms with Gasteiger partial charge in [-0.15, -0.1) is 10.2 Å². The van der Waals surface area contributed by atoms with Gasteiger partial charge in [0, 0.05) is 20.6 Å². The van der Waals surface area contributed by atoms with Gasteiger partial charge in [0.15, 0.2) is 8.68 Å². The Morgan fingerprint density at radius 1 is 1.33 bits per heavy atom. The standard InChI is InChI=1S/C12H20N4O2S3/c1-5-6-13-9(17)7-19-11-14-15-12(21-11)20-8(2)10(18)16(3)4/h8H,5-7H2,1-4H3,(H,13,17)/t8-/m1/s1. The Kier molecular flexibility index (Phi) is 8.05. The van der Waals surface area contributed by atoms with Crippen LogP contribution in [-0.4, -0.2) is 58.6 Å². The van der Waals surface area contributed by atoms with Crippen LogP contribution in [0.25, 0.3) is 0 Å². The van der Waals surface area contributed by atoms with Crippen LogP contribution in [0.4, 0.5) is 0 Å². The molecule has 2 amide bonds. The molecule has 21 heavy (non-hydrogen) atoms. The van der Waals surface area contributed by atoms with Crippen LogP contribution in [0.3, 0.4) is 0 Å². The van der Waals surface area contributed by atoms with Gasteiger partial charge >= 0.3 is 0 Å². The van der Waals surface area contributed by atoms with E-state index in [2.05, 4.69) is 15.5 Å². The van der Waals surface area contributed by atoms with Crippen molar-refractivity contribution in [2.75, 3.05) is 26.4 Å². The number of thioether (sulfide) groups is 2. The van der Waals surface area contributed by atoms with Crippen LogP contribution in [0.2, 0.25) is 0 Å². The lowest BCUT2D eigenvalue weighted by Crippen LogP contribution is -2.29. The molecule has 0 aromatic carbocycles. The molecule has 1 N–H and O–H groups in total. The number of carbonyl (C=O) groups is 2. The third-order valence-electron chi connectivity index (χ3n) is 2.35. The molecule has 0 unspecified atom stereocenters. The van der Waals surface area contributed by atoms with Gasteiger partial charge in [-0.1, -0.05) is 41.8 Å². The molecule has 6 nitrogen and oxygen atoms in total. The van der Waals surface area contributed by atoms with Crippen LogP contribution in [0.5, 0.6) is 0 Å². The Labute approximate surface area is 137 Å². The van der Waals surface area contributed by atoms with E-state index in [0.29, 0.717) is 12.3 Å². The minimum atomic E-state index is -0.196. The second kappa shape index (κ2) is 9.26. The Morgan fingerprint density at radius 3 is 2.62 bits per heavy atom. The highest BCUT2D eigenvalue weighted by Gasteiger charge is 2.18. The first kappa shape index (κ1) is 18.2. The molecule has 0 radical (unpaired) electrons. The minimum Gasteiger partial charge on any atom is -0.355 e. The van der Waals surface area contributed by atoms with Crippen LogP contribution in [-0.2, 0) is 9.59 Å². The lowest BCUT2D eigenvalue weighted by Gasteiger charge is -2.14. The normalized spacial score (nSPS) is 12.0. The molecular weight excluding hydrogens is 328 g/mol. The van der Waals surface area contributed by atoms with Crippen molar-refractivity contribution in [2.24, 2.45) is 0 Å². The minimum absolute atomic E-state index is 0.00223. The van der Waals surface area contributed by atoms with E-state index in [-0.39, 0.29) is 17.1 Å². The monoisotopic (exact) mass is 348 g/mol. The maximum absolute atomic E-state index is 11.8. The summed E-state index contributed by atoms with van der Waals surface area (Å²) < 4.78 is 1.49. The quantitative estimate of drug-likeness (QED) is 0.721. The van der Waals surface area contributed by atoms with E-state index >= 15 is 0 Å². The van der Waals surface area contributed by atoms with Gasteiger partial charge in [0.2, 0.25) is 11.8 Å². The van der Waals surface area contributed by atoms with Gasteiger partial charge in [0.05, 0.1) is 11.0 Å². The summed E-state index contributed by atoms with van der Waals surface area (Å²) in [6, 6.07) is 0. The van der Waals surface area contributed by atoms with Crippen molar-refractivity contribution in [1.82, 2.24) is 20.4 Å². The average molecular weight is 349 g/mol.